The Balaban J connectivity index is 1.43. The third-order valence-electron chi connectivity index (χ3n) is 6.49. The maximum atomic E-state index is 6.24. The molecule has 212 valence electrons. The van der Waals surface area contributed by atoms with Crippen LogP contribution in [0.2, 0.25) is 0 Å². The average molecular weight is 556 g/mol. The van der Waals surface area contributed by atoms with Crippen LogP contribution in [0.4, 0.5) is 23.0 Å². The minimum atomic E-state index is 0.265. The first-order valence-electron chi connectivity index (χ1n) is 13.2. The molecule has 1 aliphatic rings. The van der Waals surface area contributed by atoms with Gasteiger partial charge in [0.2, 0.25) is 5.95 Å². The summed E-state index contributed by atoms with van der Waals surface area (Å²) < 4.78 is 28.0. The van der Waals surface area contributed by atoms with Crippen LogP contribution in [0.1, 0.15) is 11.1 Å². The zero-order valence-corrected chi connectivity index (χ0v) is 23.6. The van der Waals surface area contributed by atoms with E-state index in [1.54, 1.807) is 39.8 Å². The molecule has 0 spiro atoms. The Labute approximate surface area is 239 Å². The highest BCUT2D eigenvalue weighted by atomic mass is 16.5. The van der Waals surface area contributed by atoms with E-state index >= 15 is 0 Å². The van der Waals surface area contributed by atoms with Gasteiger partial charge in [-0.25, -0.2) is 9.98 Å². The van der Waals surface area contributed by atoms with Crippen LogP contribution in [0.25, 0.3) is 0 Å². The van der Waals surface area contributed by atoms with E-state index in [9.17, 15) is 0 Å². The van der Waals surface area contributed by atoms with E-state index in [0.717, 1.165) is 48.8 Å². The fourth-order valence-corrected chi connectivity index (χ4v) is 4.30. The zero-order valence-electron chi connectivity index (χ0n) is 23.6. The number of aryl methyl sites for hydroxylation is 1. The molecule has 3 aromatic carbocycles. The number of rotatable bonds is 10. The van der Waals surface area contributed by atoms with Crippen molar-refractivity contribution in [2.75, 3.05) is 57.8 Å². The van der Waals surface area contributed by atoms with Gasteiger partial charge < -0.3 is 33.9 Å². The van der Waals surface area contributed by atoms with E-state index < -0.39 is 0 Å². The molecule has 0 bridgehead atoms. The first-order chi connectivity index (χ1) is 20.0. The molecule has 1 fully saturated rings. The Hall–Kier alpha value is -4.83. The predicted octanol–water partition coefficient (Wildman–Crippen LogP) is 5.93. The summed E-state index contributed by atoms with van der Waals surface area (Å²) in [6.45, 7) is 5.22. The van der Waals surface area contributed by atoms with Crippen molar-refractivity contribution in [1.82, 2.24) is 9.97 Å². The Bertz CT molecular complexity index is 1480. The van der Waals surface area contributed by atoms with Crippen LogP contribution in [-0.4, -0.2) is 63.8 Å². The average Bonchev–Trinajstić information content (AvgIpc) is 3.02. The monoisotopic (exact) mass is 555 g/mol. The molecule has 1 N–H and O–H groups in total. The lowest BCUT2D eigenvalue weighted by atomic mass is 10.2. The lowest BCUT2D eigenvalue weighted by Gasteiger charge is -2.28. The lowest BCUT2D eigenvalue weighted by molar-refractivity contribution is 0.122. The summed E-state index contributed by atoms with van der Waals surface area (Å²) in [4.78, 5) is 16.1. The molecule has 4 aromatic rings. The Kier molecular flexibility index (Phi) is 8.80. The van der Waals surface area contributed by atoms with E-state index in [4.69, 9.17) is 23.7 Å². The fourth-order valence-electron chi connectivity index (χ4n) is 4.30. The summed E-state index contributed by atoms with van der Waals surface area (Å²) >= 11 is 0. The second kappa shape index (κ2) is 13.0. The van der Waals surface area contributed by atoms with Crippen LogP contribution in [0, 0.1) is 6.92 Å². The maximum absolute atomic E-state index is 6.24. The number of aliphatic imine (C=N–C) groups is 1. The summed E-state index contributed by atoms with van der Waals surface area (Å²) in [7, 11) is 4.81. The summed E-state index contributed by atoms with van der Waals surface area (Å²) in [5.41, 5.74) is 4.25. The van der Waals surface area contributed by atoms with E-state index in [-0.39, 0.29) is 5.88 Å². The topological polar surface area (TPSA) is 99.6 Å². The van der Waals surface area contributed by atoms with Crippen LogP contribution in [0.15, 0.2) is 71.9 Å². The van der Waals surface area contributed by atoms with Crippen molar-refractivity contribution >= 4 is 29.2 Å². The Morgan fingerprint density at radius 1 is 0.878 bits per heavy atom. The summed E-state index contributed by atoms with van der Waals surface area (Å²) in [6.07, 6.45) is 3.29. The van der Waals surface area contributed by atoms with Gasteiger partial charge in [0, 0.05) is 42.3 Å². The second-order valence-corrected chi connectivity index (χ2v) is 9.32. The minimum Gasteiger partial charge on any atom is -0.497 e. The van der Waals surface area contributed by atoms with Crippen molar-refractivity contribution in [3.63, 3.8) is 0 Å². The normalized spacial score (nSPS) is 13.2. The smallest absolute Gasteiger partial charge is 0.250 e. The van der Waals surface area contributed by atoms with Crippen molar-refractivity contribution in [2.24, 2.45) is 4.99 Å². The minimum absolute atomic E-state index is 0.265. The van der Waals surface area contributed by atoms with Crippen molar-refractivity contribution in [2.45, 2.75) is 6.92 Å². The number of morpholine rings is 1. The molecule has 0 aliphatic carbocycles. The molecule has 0 amide bonds. The molecule has 0 atom stereocenters. The van der Waals surface area contributed by atoms with E-state index in [2.05, 4.69) is 37.3 Å². The van der Waals surface area contributed by atoms with Crippen LogP contribution in [0.3, 0.4) is 0 Å². The molecule has 5 rings (SSSR count). The van der Waals surface area contributed by atoms with Gasteiger partial charge in [0.05, 0.1) is 40.7 Å². The largest absolute Gasteiger partial charge is 0.497 e. The number of methoxy groups -OCH3 is 3. The summed E-state index contributed by atoms with van der Waals surface area (Å²) in [6, 6.07) is 19.3. The molecule has 0 unspecified atom stereocenters. The standard InChI is InChI=1S/C31H33N5O5/c1-21-5-10-28(29(15-21)39-4)41-30-27(32-19-22-16-25(37-2)18-26(17-22)38-3)20-33-31(35-30)34-23-6-8-24(9-7-23)36-11-13-40-14-12-36/h5-10,15-20H,11-14H2,1-4H3,(H,33,34,35)/b32-19+. The van der Waals surface area contributed by atoms with Crippen LogP contribution in [-0.2, 0) is 4.74 Å². The third kappa shape index (κ3) is 7.03. The number of aromatic nitrogens is 2. The van der Waals surface area contributed by atoms with Gasteiger partial charge in [-0.3, -0.25) is 0 Å². The van der Waals surface area contributed by atoms with Crippen LogP contribution < -0.4 is 29.2 Å². The Morgan fingerprint density at radius 3 is 2.29 bits per heavy atom. The molecular weight excluding hydrogens is 522 g/mol. The fraction of sp³-hybridized carbons (Fsp3) is 0.258. The molecule has 10 nitrogen and oxygen atoms in total. The highest BCUT2D eigenvalue weighted by Gasteiger charge is 2.14. The Morgan fingerprint density at radius 2 is 1.61 bits per heavy atom. The van der Waals surface area contributed by atoms with Crippen molar-refractivity contribution < 1.29 is 23.7 Å². The number of hydrogen-bond acceptors (Lipinski definition) is 10. The lowest BCUT2D eigenvalue weighted by Crippen LogP contribution is -2.36. The molecular formula is C31H33N5O5. The maximum Gasteiger partial charge on any atom is 0.250 e. The summed E-state index contributed by atoms with van der Waals surface area (Å²) in [5, 5.41) is 3.27. The SMILES string of the molecule is COc1cc(/C=N/c2cnc(Nc3ccc(N4CCOCC4)cc3)nc2Oc2ccc(C)cc2OC)cc(OC)c1. The van der Waals surface area contributed by atoms with Crippen molar-refractivity contribution in [3.8, 4) is 28.9 Å². The van der Waals surface area contributed by atoms with Gasteiger partial charge in [-0.05, 0) is 61.0 Å². The molecule has 1 aliphatic heterocycles. The molecule has 41 heavy (non-hydrogen) atoms. The number of nitrogens with zero attached hydrogens (tertiary/aromatic N) is 4. The van der Waals surface area contributed by atoms with Crippen LogP contribution in [0.5, 0.6) is 28.9 Å². The van der Waals surface area contributed by atoms with Crippen molar-refractivity contribution in [3.05, 3.63) is 78.0 Å². The quantitative estimate of drug-likeness (QED) is 0.239. The zero-order chi connectivity index (χ0) is 28.6. The first-order valence-corrected chi connectivity index (χ1v) is 13.2. The third-order valence-corrected chi connectivity index (χ3v) is 6.49. The molecule has 1 aromatic heterocycles. The van der Waals surface area contributed by atoms with Gasteiger partial charge in [-0.15, -0.1) is 0 Å². The predicted molar refractivity (Wildman–Crippen MR) is 159 cm³/mol. The highest BCUT2D eigenvalue weighted by Crippen LogP contribution is 2.36. The van der Waals surface area contributed by atoms with Gasteiger partial charge >= 0.3 is 0 Å². The van der Waals surface area contributed by atoms with Gasteiger partial charge in [-0.1, -0.05) is 6.07 Å². The van der Waals surface area contributed by atoms with E-state index in [0.29, 0.717) is 34.6 Å². The summed E-state index contributed by atoms with van der Waals surface area (Å²) in [5.74, 6) is 3.04. The first kappa shape index (κ1) is 27.7. The number of anilines is 3. The van der Waals surface area contributed by atoms with Crippen LogP contribution >= 0.6 is 0 Å². The second-order valence-electron chi connectivity index (χ2n) is 9.32. The molecule has 0 radical (unpaired) electrons. The molecule has 2 heterocycles. The highest BCUT2D eigenvalue weighted by molar-refractivity contribution is 5.84. The molecule has 10 heteroatoms. The van der Waals surface area contributed by atoms with E-state index in [1.807, 2.05) is 49.4 Å². The van der Waals surface area contributed by atoms with Gasteiger partial charge in [0.1, 0.15) is 17.2 Å². The molecule has 0 saturated carbocycles. The van der Waals surface area contributed by atoms with Gasteiger partial charge in [-0.2, -0.15) is 4.98 Å². The van der Waals surface area contributed by atoms with E-state index in [1.165, 1.54) is 0 Å². The number of ether oxygens (including phenoxy) is 5. The number of benzene rings is 3. The van der Waals surface area contributed by atoms with Gasteiger partial charge in [0.25, 0.3) is 5.88 Å². The number of nitrogens with one attached hydrogen (secondary N) is 1. The number of hydrogen-bond donors (Lipinski definition) is 1. The molecule has 1 saturated heterocycles. The van der Waals surface area contributed by atoms with Gasteiger partial charge in [0.15, 0.2) is 11.5 Å². The van der Waals surface area contributed by atoms with Crippen molar-refractivity contribution in [1.29, 1.82) is 0 Å².